The quantitative estimate of drug-likeness (QED) is 0.746. The van der Waals surface area contributed by atoms with E-state index >= 15 is 0 Å². The Kier molecular flexibility index (Phi) is 2.80. The zero-order valence-electron chi connectivity index (χ0n) is 8.30. The minimum atomic E-state index is -0.883. The van der Waals surface area contributed by atoms with E-state index in [0.29, 0.717) is 17.9 Å². The fourth-order valence-electron chi connectivity index (χ4n) is 1.59. The smallest absolute Gasteiger partial charge is 0.159 e. The molecule has 0 aromatic heterocycles. The van der Waals surface area contributed by atoms with E-state index in [4.69, 9.17) is 0 Å². The number of Topliss-reactive ketones (excluding diaryl/α,β-unsaturated/α-hetero) is 1. The Morgan fingerprint density at radius 3 is 2.60 bits per heavy atom. The molecule has 0 unspecified atom stereocenters. The van der Waals surface area contributed by atoms with Gasteiger partial charge in [0.1, 0.15) is 5.78 Å². The summed E-state index contributed by atoms with van der Waals surface area (Å²) >= 11 is 0. The number of carbonyl (C=O) groups excluding carboxylic acids is 1. The number of halogens is 2. The number of rotatable bonds is 4. The van der Waals surface area contributed by atoms with Crippen LogP contribution in [-0.2, 0) is 11.2 Å². The first-order valence-corrected chi connectivity index (χ1v) is 5.11. The van der Waals surface area contributed by atoms with Crippen LogP contribution in [0.15, 0.2) is 18.2 Å². The van der Waals surface area contributed by atoms with Crippen molar-refractivity contribution in [2.45, 2.75) is 25.7 Å². The molecule has 0 heterocycles. The largest absolute Gasteiger partial charge is 0.299 e. The molecule has 0 radical (unpaired) electrons. The molecule has 80 valence electrons. The third-order valence-electron chi connectivity index (χ3n) is 2.60. The molecule has 0 atom stereocenters. The lowest BCUT2D eigenvalue weighted by molar-refractivity contribution is -0.118. The van der Waals surface area contributed by atoms with Crippen molar-refractivity contribution in [3.05, 3.63) is 35.4 Å². The van der Waals surface area contributed by atoms with Crippen LogP contribution in [0.3, 0.4) is 0 Å². The first-order valence-electron chi connectivity index (χ1n) is 5.11. The van der Waals surface area contributed by atoms with E-state index in [2.05, 4.69) is 0 Å². The van der Waals surface area contributed by atoms with E-state index in [9.17, 15) is 13.6 Å². The maximum absolute atomic E-state index is 12.8. The summed E-state index contributed by atoms with van der Waals surface area (Å²) in [4.78, 5) is 11.4. The number of benzene rings is 1. The molecule has 1 aromatic rings. The lowest BCUT2D eigenvalue weighted by Gasteiger charge is -2.01. The molecular formula is C12H12F2O. The summed E-state index contributed by atoms with van der Waals surface area (Å²) in [5.74, 6) is -1.09. The lowest BCUT2D eigenvalue weighted by atomic mass is 10.1. The van der Waals surface area contributed by atoms with Gasteiger partial charge < -0.3 is 0 Å². The SMILES string of the molecule is O=C(Cc1ccc(F)c(F)c1)CC1CC1. The van der Waals surface area contributed by atoms with Gasteiger partial charge in [-0.15, -0.1) is 0 Å². The van der Waals surface area contributed by atoms with Crippen molar-refractivity contribution in [2.75, 3.05) is 0 Å². The van der Waals surface area contributed by atoms with E-state index in [1.165, 1.54) is 6.07 Å². The van der Waals surface area contributed by atoms with Crippen molar-refractivity contribution >= 4 is 5.78 Å². The Bertz CT molecular complexity index is 383. The summed E-state index contributed by atoms with van der Waals surface area (Å²) in [5.41, 5.74) is 0.555. The van der Waals surface area contributed by atoms with Crippen LogP contribution in [0.25, 0.3) is 0 Å². The Hall–Kier alpha value is -1.25. The minimum absolute atomic E-state index is 0.114. The zero-order valence-corrected chi connectivity index (χ0v) is 8.30. The van der Waals surface area contributed by atoms with Gasteiger partial charge in [0.2, 0.25) is 0 Å². The van der Waals surface area contributed by atoms with E-state index in [1.807, 2.05) is 0 Å². The standard InChI is InChI=1S/C12H12F2O/c13-11-4-3-9(7-12(11)14)6-10(15)5-8-1-2-8/h3-4,7-8H,1-2,5-6H2. The summed E-state index contributed by atoms with van der Waals surface area (Å²) in [7, 11) is 0. The molecule has 0 aliphatic heterocycles. The average Bonchev–Trinajstić information content (AvgIpc) is 2.95. The van der Waals surface area contributed by atoms with Crippen LogP contribution in [0, 0.1) is 17.6 Å². The van der Waals surface area contributed by atoms with Gasteiger partial charge in [0.25, 0.3) is 0 Å². The van der Waals surface area contributed by atoms with Gasteiger partial charge in [-0.2, -0.15) is 0 Å². The molecule has 1 aliphatic rings. The van der Waals surface area contributed by atoms with Crippen LogP contribution in [0.2, 0.25) is 0 Å². The monoisotopic (exact) mass is 210 g/mol. The molecule has 1 saturated carbocycles. The molecule has 0 spiro atoms. The van der Waals surface area contributed by atoms with Crippen molar-refractivity contribution in [3.8, 4) is 0 Å². The van der Waals surface area contributed by atoms with E-state index in [0.717, 1.165) is 25.0 Å². The number of hydrogen-bond acceptors (Lipinski definition) is 1. The van der Waals surface area contributed by atoms with Crippen molar-refractivity contribution in [1.82, 2.24) is 0 Å². The van der Waals surface area contributed by atoms with Crippen molar-refractivity contribution in [3.63, 3.8) is 0 Å². The van der Waals surface area contributed by atoms with Crippen LogP contribution >= 0.6 is 0 Å². The second-order valence-electron chi connectivity index (χ2n) is 4.11. The van der Waals surface area contributed by atoms with Crippen LogP contribution < -0.4 is 0 Å². The number of carbonyl (C=O) groups is 1. The fraction of sp³-hybridized carbons (Fsp3) is 0.417. The van der Waals surface area contributed by atoms with Gasteiger partial charge in [0, 0.05) is 12.8 Å². The van der Waals surface area contributed by atoms with Gasteiger partial charge in [0.15, 0.2) is 11.6 Å². The van der Waals surface area contributed by atoms with Gasteiger partial charge >= 0.3 is 0 Å². The Balaban J connectivity index is 1.97. The van der Waals surface area contributed by atoms with E-state index < -0.39 is 11.6 Å². The summed E-state index contributed by atoms with van der Waals surface area (Å²) < 4.78 is 25.4. The topological polar surface area (TPSA) is 17.1 Å². The maximum Gasteiger partial charge on any atom is 0.159 e. The van der Waals surface area contributed by atoms with E-state index in [1.54, 1.807) is 0 Å². The average molecular weight is 210 g/mol. The van der Waals surface area contributed by atoms with Gasteiger partial charge in [0.05, 0.1) is 0 Å². The summed E-state index contributed by atoms with van der Waals surface area (Å²) in [6.07, 6.45) is 3.06. The molecule has 15 heavy (non-hydrogen) atoms. The first-order chi connectivity index (χ1) is 7.15. The Morgan fingerprint density at radius 1 is 1.27 bits per heavy atom. The number of ketones is 1. The summed E-state index contributed by atoms with van der Waals surface area (Å²) in [6.45, 7) is 0. The van der Waals surface area contributed by atoms with Crippen LogP contribution in [0.1, 0.15) is 24.8 Å². The fourth-order valence-corrected chi connectivity index (χ4v) is 1.59. The molecule has 0 saturated heterocycles. The van der Waals surface area contributed by atoms with Crippen molar-refractivity contribution in [2.24, 2.45) is 5.92 Å². The van der Waals surface area contributed by atoms with E-state index in [-0.39, 0.29) is 12.2 Å². The lowest BCUT2D eigenvalue weighted by Crippen LogP contribution is -2.04. The number of hydrogen-bond donors (Lipinski definition) is 0. The highest BCUT2D eigenvalue weighted by Crippen LogP contribution is 2.32. The van der Waals surface area contributed by atoms with Crippen LogP contribution in [0.4, 0.5) is 8.78 Å². The molecule has 3 heteroatoms. The second-order valence-corrected chi connectivity index (χ2v) is 4.11. The van der Waals surface area contributed by atoms with Gasteiger partial charge in [-0.1, -0.05) is 6.07 Å². The predicted molar refractivity (Wildman–Crippen MR) is 52.4 cm³/mol. The normalized spacial score (nSPS) is 15.3. The molecule has 0 amide bonds. The van der Waals surface area contributed by atoms with Crippen LogP contribution in [0.5, 0.6) is 0 Å². The third-order valence-corrected chi connectivity index (χ3v) is 2.60. The van der Waals surface area contributed by atoms with Crippen molar-refractivity contribution in [1.29, 1.82) is 0 Å². The Labute approximate surface area is 87.1 Å². The first kappa shape index (κ1) is 10.3. The zero-order chi connectivity index (χ0) is 10.8. The molecule has 0 N–H and O–H groups in total. The molecule has 2 rings (SSSR count). The minimum Gasteiger partial charge on any atom is -0.299 e. The Morgan fingerprint density at radius 2 is 2.00 bits per heavy atom. The molecule has 1 fully saturated rings. The highest BCUT2D eigenvalue weighted by Gasteiger charge is 2.24. The summed E-state index contributed by atoms with van der Waals surface area (Å²) in [5, 5.41) is 0. The summed E-state index contributed by atoms with van der Waals surface area (Å²) in [6, 6.07) is 3.62. The maximum atomic E-state index is 12.8. The van der Waals surface area contributed by atoms with Crippen molar-refractivity contribution < 1.29 is 13.6 Å². The highest BCUT2D eigenvalue weighted by atomic mass is 19.2. The predicted octanol–water partition coefficient (Wildman–Crippen LogP) is 2.88. The van der Waals surface area contributed by atoms with Gasteiger partial charge in [-0.25, -0.2) is 8.78 Å². The molecule has 1 aromatic carbocycles. The third kappa shape index (κ3) is 2.85. The van der Waals surface area contributed by atoms with Gasteiger partial charge in [-0.3, -0.25) is 4.79 Å². The molecule has 1 nitrogen and oxygen atoms in total. The van der Waals surface area contributed by atoms with Gasteiger partial charge in [-0.05, 0) is 36.5 Å². The van der Waals surface area contributed by atoms with Crippen LogP contribution in [-0.4, -0.2) is 5.78 Å². The molecule has 1 aliphatic carbocycles. The molecular weight excluding hydrogens is 198 g/mol. The highest BCUT2D eigenvalue weighted by molar-refractivity contribution is 5.81. The second kappa shape index (κ2) is 4.09. The molecule has 0 bridgehead atoms.